The third-order valence-electron chi connectivity index (χ3n) is 2.81. The summed E-state index contributed by atoms with van der Waals surface area (Å²) in [5.41, 5.74) is 2.36. The zero-order chi connectivity index (χ0) is 15.1. The van der Waals surface area contributed by atoms with Gasteiger partial charge in [0.15, 0.2) is 0 Å². The largest absolute Gasteiger partial charge is 0.387 e. The summed E-state index contributed by atoms with van der Waals surface area (Å²) in [7, 11) is 1.76. The SMILES string of the molecule is CNc1cc(C)ccc1C(=O)NCC(=O)NCC(C)C. The molecule has 0 saturated heterocycles. The lowest BCUT2D eigenvalue weighted by molar-refractivity contribution is -0.120. The molecule has 0 aliphatic rings. The second-order valence-electron chi connectivity index (χ2n) is 5.18. The van der Waals surface area contributed by atoms with Gasteiger partial charge in [-0.15, -0.1) is 0 Å². The van der Waals surface area contributed by atoms with E-state index < -0.39 is 0 Å². The van der Waals surface area contributed by atoms with Crippen LogP contribution in [0.1, 0.15) is 29.8 Å². The van der Waals surface area contributed by atoms with Crippen molar-refractivity contribution < 1.29 is 9.59 Å². The van der Waals surface area contributed by atoms with Crippen molar-refractivity contribution in [1.29, 1.82) is 0 Å². The van der Waals surface area contributed by atoms with Crippen LogP contribution in [0.15, 0.2) is 18.2 Å². The Morgan fingerprint density at radius 1 is 1.20 bits per heavy atom. The number of carbonyl (C=O) groups is 2. The summed E-state index contributed by atoms with van der Waals surface area (Å²) in [4.78, 5) is 23.6. The number of hydrogen-bond donors (Lipinski definition) is 3. The number of anilines is 1. The molecule has 0 aliphatic carbocycles. The molecule has 0 atom stereocenters. The molecular weight excluding hydrogens is 254 g/mol. The zero-order valence-electron chi connectivity index (χ0n) is 12.5. The highest BCUT2D eigenvalue weighted by atomic mass is 16.2. The highest BCUT2D eigenvalue weighted by Gasteiger charge is 2.12. The summed E-state index contributed by atoms with van der Waals surface area (Å²) in [5.74, 6) is -0.0399. The van der Waals surface area contributed by atoms with Crippen LogP contribution in [0.5, 0.6) is 0 Å². The predicted molar refractivity (Wildman–Crippen MR) is 80.9 cm³/mol. The van der Waals surface area contributed by atoms with Crippen LogP contribution >= 0.6 is 0 Å². The van der Waals surface area contributed by atoms with E-state index in [0.29, 0.717) is 18.0 Å². The lowest BCUT2D eigenvalue weighted by atomic mass is 10.1. The van der Waals surface area contributed by atoms with Gasteiger partial charge in [0.05, 0.1) is 12.1 Å². The highest BCUT2D eigenvalue weighted by Crippen LogP contribution is 2.16. The van der Waals surface area contributed by atoms with Gasteiger partial charge in [-0.3, -0.25) is 9.59 Å². The molecule has 2 amide bonds. The Morgan fingerprint density at radius 3 is 2.50 bits per heavy atom. The Kier molecular flexibility index (Phi) is 6.03. The van der Waals surface area contributed by atoms with Crippen molar-refractivity contribution in [2.75, 3.05) is 25.5 Å². The van der Waals surface area contributed by atoms with E-state index in [9.17, 15) is 9.59 Å². The van der Waals surface area contributed by atoms with Gasteiger partial charge in [0.25, 0.3) is 5.91 Å². The molecule has 0 aliphatic heterocycles. The summed E-state index contributed by atoms with van der Waals surface area (Å²) in [5, 5.41) is 8.37. The molecule has 0 spiro atoms. The van der Waals surface area contributed by atoms with Crippen molar-refractivity contribution in [1.82, 2.24) is 10.6 Å². The van der Waals surface area contributed by atoms with Crippen molar-refractivity contribution in [3.05, 3.63) is 29.3 Å². The Hall–Kier alpha value is -2.04. The second kappa shape index (κ2) is 7.53. The van der Waals surface area contributed by atoms with Crippen molar-refractivity contribution in [3.63, 3.8) is 0 Å². The first-order valence-corrected chi connectivity index (χ1v) is 6.77. The average Bonchev–Trinajstić information content (AvgIpc) is 2.42. The third-order valence-corrected chi connectivity index (χ3v) is 2.81. The molecule has 1 aromatic rings. The van der Waals surface area contributed by atoms with Crippen molar-refractivity contribution in [3.8, 4) is 0 Å². The van der Waals surface area contributed by atoms with E-state index in [0.717, 1.165) is 11.3 Å². The summed E-state index contributed by atoms with van der Waals surface area (Å²) in [6, 6.07) is 5.52. The molecule has 5 heteroatoms. The standard InChI is InChI=1S/C15H23N3O2/c1-10(2)8-17-14(19)9-18-15(20)12-6-5-11(3)7-13(12)16-4/h5-7,10,16H,8-9H2,1-4H3,(H,17,19)(H,18,20). The smallest absolute Gasteiger partial charge is 0.253 e. The van der Waals surface area contributed by atoms with Crippen LogP contribution < -0.4 is 16.0 Å². The minimum absolute atomic E-state index is 0.0113. The summed E-state index contributed by atoms with van der Waals surface area (Å²) < 4.78 is 0. The fourth-order valence-corrected chi connectivity index (χ4v) is 1.70. The van der Waals surface area contributed by atoms with Gasteiger partial charge in [-0.05, 0) is 30.5 Å². The molecular formula is C15H23N3O2. The average molecular weight is 277 g/mol. The molecule has 5 nitrogen and oxygen atoms in total. The van der Waals surface area contributed by atoms with Gasteiger partial charge in [-0.1, -0.05) is 19.9 Å². The molecule has 20 heavy (non-hydrogen) atoms. The van der Waals surface area contributed by atoms with Gasteiger partial charge >= 0.3 is 0 Å². The molecule has 110 valence electrons. The maximum atomic E-state index is 12.0. The molecule has 0 fully saturated rings. The molecule has 3 N–H and O–H groups in total. The number of nitrogens with one attached hydrogen (secondary N) is 3. The van der Waals surface area contributed by atoms with Crippen molar-refractivity contribution in [2.45, 2.75) is 20.8 Å². The fourth-order valence-electron chi connectivity index (χ4n) is 1.70. The first-order valence-electron chi connectivity index (χ1n) is 6.77. The van der Waals surface area contributed by atoms with Gasteiger partial charge in [-0.25, -0.2) is 0 Å². The first kappa shape index (κ1) is 16.0. The highest BCUT2D eigenvalue weighted by molar-refractivity contribution is 6.01. The Balaban J connectivity index is 2.57. The van der Waals surface area contributed by atoms with Gasteiger partial charge < -0.3 is 16.0 Å². The third kappa shape index (κ3) is 4.91. The molecule has 0 radical (unpaired) electrons. The van der Waals surface area contributed by atoms with Gasteiger partial charge in [-0.2, -0.15) is 0 Å². The zero-order valence-corrected chi connectivity index (χ0v) is 12.5. The second-order valence-corrected chi connectivity index (χ2v) is 5.18. The minimum Gasteiger partial charge on any atom is -0.387 e. The molecule has 1 rings (SSSR count). The quantitative estimate of drug-likeness (QED) is 0.738. The van der Waals surface area contributed by atoms with Gasteiger partial charge in [0.2, 0.25) is 5.91 Å². The summed E-state index contributed by atoms with van der Waals surface area (Å²) >= 11 is 0. The monoisotopic (exact) mass is 277 g/mol. The van der Waals surface area contributed by atoms with Crippen LogP contribution in [0.2, 0.25) is 0 Å². The number of amides is 2. The van der Waals surface area contributed by atoms with Crippen LogP contribution in [0.25, 0.3) is 0 Å². The number of rotatable bonds is 6. The van der Waals surface area contributed by atoms with E-state index >= 15 is 0 Å². The van der Waals surface area contributed by atoms with Crippen molar-refractivity contribution >= 4 is 17.5 Å². The van der Waals surface area contributed by atoms with Crippen molar-refractivity contribution in [2.24, 2.45) is 5.92 Å². The van der Waals surface area contributed by atoms with E-state index in [1.165, 1.54) is 0 Å². The van der Waals surface area contributed by atoms with Crippen LogP contribution in [0, 0.1) is 12.8 Å². The number of aryl methyl sites for hydroxylation is 1. The van der Waals surface area contributed by atoms with E-state index in [1.807, 2.05) is 32.9 Å². The molecule has 0 heterocycles. The van der Waals surface area contributed by atoms with E-state index in [2.05, 4.69) is 16.0 Å². The fraction of sp³-hybridized carbons (Fsp3) is 0.467. The number of hydrogen-bond acceptors (Lipinski definition) is 3. The minimum atomic E-state index is -0.256. The van der Waals surface area contributed by atoms with Gasteiger partial charge in [0, 0.05) is 19.3 Å². The predicted octanol–water partition coefficient (Wildman–Crippen LogP) is 1.54. The van der Waals surface area contributed by atoms with Crippen LogP contribution in [0.3, 0.4) is 0 Å². The summed E-state index contributed by atoms with van der Waals surface area (Å²) in [6.45, 7) is 6.60. The Bertz CT molecular complexity index is 484. The Morgan fingerprint density at radius 2 is 1.90 bits per heavy atom. The van der Waals surface area contributed by atoms with Crippen LogP contribution in [0.4, 0.5) is 5.69 Å². The molecule has 1 aromatic carbocycles. The maximum absolute atomic E-state index is 12.0. The topological polar surface area (TPSA) is 70.2 Å². The first-order chi connectivity index (χ1) is 9.43. The van der Waals surface area contributed by atoms with E-state index in [1.54, 1.807) is 13.1 Å². The normalized spacial score (nSPS) is 10.2. The number of benzene rings is 1. The molecule has 0 unspecified atom stereocenters. The van der Waals surface area contributed by atoms with Gasteiger partial charge in [0.1, 0.15) is 0 Å². The molecule has 0 aromatic heterocycles. The van der Waals surface area contributed by atoms with Crippen LogP contribution in [-0.2, 0) is 4.79 Å². The van der Waals surface area contributed by atoms with E-state index in [4.69, 9.17) is 0 Å². The number of carbonyl (C=O) groups excluding carboxylic acids is 2. The lowest BCUT2D eigenvalue weighted by Crippen LogP contribution is -2.38. The van der Waals surface area contributed by atoms with Crippen LogP contribution in [-0.4, -0.2) is 32.0 Å². The maximum Gasteiger partial charge on any atom is 0.253 e. The van der Waals surface area contributed by atoms with E-state index in [-0.39, 0.29) is 18.4 Å². The molecule has 0 saturated carbocycles. The summed E-state index contributed by atoms with van der Waals surface area (Å²) in [6.07, 6.45) is 0. The molecule has 0 bridgehead atoms. The Labute approximate surface area is 120 Å². The lowest BCUT2D eigenvalue weighted by Gasteiger charge is -2.11.